The van der Waals surface area contributed by atoms with E-state index in [1.165, 1.54) is 7.11 Å². The molecule has 0 spiro atoms. The summed E-state index contributed by atoms with van der Waals surface area (Å²) in [7, 11) is 1.30. The zero-order valence-corrected chi connectivity index (χ0v) is 19.0. The Hall–Kier alpha value is -4.34. The number of amides is 2. The molecule has 2 N–H and O–H groups in total. The number of urea groups is 1. The monoisotopic (exact) mass is 482 g/mol. The van der Waals surface area contributed by atoms with E-state index in [1.54, 1.807) is 37.3 Å². The van der Waals surface area contributed by atoms with Crippen LogP contribution in [0.3, 0.4) is 0 Å². The molecule has 0 unspecified atom stereocenters. The maximum Gasteiger partial charge on any atom is 0.416 e. The Kier molecular flexibility index (Phi) is 6.46. The third kappa shape index (κ3) is 5.43. The van der Waals surface area contributed by atoms with Gasteiger partial charge in [0, 0.05) is 22.5 Å². The first-order chi connectivity index (χ1) is 16.6. The van der Waals surface area contributed by atoms with Crippen LogP contribution in [0.15, 0.2) is 60.7 Å². The zero-order chi connectivity index (χ0) is 25.2. The van der Waals surface area contributed by atoms with Crippen LogP contribution in [-0.4, -0.2) is 23.1 Å². The second-order valence-electron chi connectivity index (χ2n) is 7.65. The van der Waals surface area contributed by atoms with Crippen LogP contribution in [0.1, 0.15) is 17.1 Å². The third-order valence-corrected chi connectivity index (χ3v) is 5.06. The molecule has 0 aliphatic rings. The first-order valence-corrected chi connectivity index (χ1v) is 10.5. The van der Waals surface area contributed by atoms with Gasteiger partial charge in [-0.05, 0) is 44.2 Å². The minimum absolute atomic E-state index is 0.0946. The highest BCUT2D eigenvalue weighted by Crippen LogP contribution is 2.36. The molecule has 7 nitrogen and oxygen atoms in total. The Bertz CT molecular complexity index is 1390. The van der Waals surface area contributed by atoms with Crippen LogP contribution >= 0.6 is 0 Å². The predicted molar refractivity (Wildman–Crippen MR) is 126 cm³/mol. The molecule has 0 aliphatic carbocycles. The van der Waals surface area contributed by atoms with Gasteiger partial charge in [0.1, 0.15) is 17.3 Å². The largest absolute Gasteiger partial charge is 0.495 e. The third-order valence-electron chi connectivity index (χ3n) is 5.06. The number of ether oxygens (including phenoxy) is 2. The van der Waals surface area contributed by atoms with Crippen molar-refractivity contribution in [2.24, 2.45) is 0 Å². The van der Waals surface area contributed by atoms with E-state index in [0.29, 0.717) is 33.9 Å². The highest BCUT2D eigenvalue weighted by Gasteiger charge is 2.31. The van der Waals surface area contributed by atoms with Crippen molar-refractivity contribution in [2.45, 2.75) is 20.0 Å². The summed E-state index contributed by atoms with van der Waals surface area (Å²) in [5.74, 6) is 1.57. The van der Waals surface area contributed by atoms with Crippen molar-refractivity contribution < 1.29 is 27.4 Å². The van der Waals surface area contributed by atoms with Gasteiger partial charge in [-0.25, -0.2) is 9.78 Å². The molecule has 1 aromatic heterocycles. The molecule has 0 saturated heterocycles. The molecule has 4 rings (SSSR count). The molecule has 0 radical (unpaired) electrons. The highest BCUT2D eigenvalue weighted by molar-refractivity contribution is 6.08. The summed E-state index contributed by atoms with van der Waals surface area (Å²) in [4.78, 5) is 21.2. The first kappa shape index (κ1) is 23.8. The Balaban J connectivity index is 1.61. The van der Waals surface area contributed by atoms with Crippen molar-refractivity contribution in [2.75, 3.05) is 17.7 Å². The van der Waals surface area contributed by atoms with Crippen LogP contribution in [0.4, 0.5) is 29.3 Å². The molecule has 180 valence electrons. The Labute approximate surface area is 198 Å². The van der Waals surface area contributed by atoms with Crippen molar-refractivity contribution in [3.63, 3.8) is 0 Å². The second kappa shape index (κ2) is 9.49. The summed E-state index contributed by atoms with van der Waals surface area (Å²) in [6, 6.07) is 14.4. The standard InChI is InChI=1S/C25H21F3N4O3/c1-14-12-23(30-15(2)29-14)35-21-11-9-19(17-6-4-5-7-18(17)21)31-24(33)32-20-13-16(25(26,27)28)8-10-22(20)34-3/h4-13H,1-3H3,(H2,31,32,33). The Morgan fingerprint density at radius 3 is 2.23 bits per heavy atom. The van der Waals surface area contributed by atoms with Gasteiger partial charge < -0.3 is 20.1 Å². The van der Waals surface area contributed by atoms with Crippen LogP contribution in [0.2, 0.25) is 0 Å². The number of fused-ring (bicyclic) bond motifs is 1. The quantitative estimate of drug-likeness (QED) is 0.330. The number of hydrogen-bond donors (Lipinski definition) is 2. The summed E-state index contributed by atoms with van der Waals surface area (Å²) < 4.78 is 50.4. The number of nitrogens with zero attached hydrogens (tertiary/aromatic N) is 2. The summed E-state index contributed by atoms with van der Waals surface area (Å²) in [5.41, 5.74) is 0.178. The molecule has 4 aromatic rings. The first-order valence-electron chi connectivity index (χ1n) is 10.5. The van der Waals surface area contributed by atoms with E-state index < -0.39 is 17.8 Å². The van der Waals surface area contributed by atoms with Gasteiger partial charge in [0.2, 0.25) is 5.88 Å². The number of rotatable bonds is 5. The smallest absolute Gasteiger partial charge is 0.416 e. The number of anilines is 2. The maximum absolute atomic E-state index is 13.1. The lowest BCUT2D eigenvalue weighted by Crippen LogP contribution is -2.20. The fourth-order valence-electron chi connectivity index (χ4n) is 3.58. The van der Waals surface area contributed by atoms with E-state index in [9.17, 15) is 18.0 Å². The number of benzene rings is 3. The Morgan fingerprint density at radius 1 is 0.857 bits per heavy atom. The minimum atomic E-state index is -4.56. The molecule has 10 heteroatoms. The lowest BCUT2D eigenvalue weighted by molar-refractivity contribution is -0.137. The summed E-state index contributed by atoms with van der Waals surface area (Å²) >= 11 is 0. The van der Waals surface area contributed by atoms with Gasteiger partial charge in [-0.3, -0.25) is 0 Å². The minimum Gasteiger partial charge on any atom is -0.495 e. The number of hydrogen-bond acceptors (Lipinski definition) is 5. The Morgan fingerprint density at radius 2 is 1.54 bits per heavy atom. The molecule has 0 atom stereocenters. The van der Waals surface area contributed by atoms with Gasteiger partial charge in [0.05, 0.1) is 24.0 Å². The highest BCUT2D eigenvalue weighted by atomic mass is 19.4. The lowest BCUT2D eigenvalue weighted by atomic mass is 10.1. The maximum atomic E-state index is 13.1. The van der Waals surface area contributed by atoms with Crippen molar-refractivity contribution in [3.8, 4) is 17.4 Å². The number of halogens is 3. The fraction of sp³-hybridized carbons (Fsp3) is 0.160. The lowest BCUT2D eigenvalue weighted by Gasteiger charge is -2.16. The topological polar surface area (TPSA) is 85.4 Å². The van der Waals surface area contributed by atoms with Crippen molar-refractivity contribution in [1.82, 2.24) is 9.97 Å². The number of carbonyl (C=O) groups excluding carboxylic acids is 1. The van der Waals surface area contributed by atoms with Crippen molar-refractivity contribution in [3.05, 3.63) is 77.7 Å². The van der Waals surface area contributed by atoms with Gasteiger partial charge in [-0.1, -0.05) is 24.3 Å². The average Bonchev–Trinajstić information content (AvgIpc) is 2.79. The number of methoxy groups -OCH3 is 1. The van der Waals surface area contributed by atoms with Crippen LogP contribution in [0, 0.1) is 13.8 Å². The van der Waals surface area contributed by atoms with Crippen molar-refractivity contribution >= 4 is 28.2 Å². The van der Waals surface area contributed by atoms with Gasteiger partial charge in [-0.15, -0.1) is 0 Å². The van der Waals surface area contributed by atoms with E-state index in [-0.39, 0.29) is 11.4 Å². The number of carbonyl (C=O) groups is 1. The molecule has 3 aromatic carbocycles. The fourth-order valence-corrected chi connectivity index (χ4v) is 3.58. The molecule has 1 heterocycles. The second-order valence-corrected chi connectivity index (χ2v) is 7.65. The average molecular weight is 482 g/mol. The van der Waals surface area contributed by atoms with E-state index >= 15 is 0 Å². The molecule has 0 fully saturated rings. The van der Waals surface area contributed by atoms with E-state index in [4.69, 9.17) is 9.47 Å². The summed E-state index contributed by atoms with van der Waals surface area (Å²) in [6.45, 7) is 3.60. The van der Waals surface area contributed by atoms with E-state index in [1.807, 2.05) is 19.1 Å². The molecule has 2 amide bonds. The predicted octanol–water partition coefficient (Wildman–Crippen LogP) is 6.71. The van der Waals surface area contributed by atoms with Crippen LogP contribution in [0.5, 0.6) is 17.4 Å². The summed E-state index contributed by atoms with van der Waals surface area (Å²) in [5, 5.41) is 6.48. The molecule has 0 aliphatic heterocycles. The SMILES string of the molecule is COc1ccc(C(F)(F)F)cc1NC(=O)Nc1ccc(Oc2cc(C)nc(C)n2)c2ccccc12. The summed E-state index contributed by atoms with van der Waals surface area (Å²) in [6.07, 6.45) is -4.56. The van der Waals surface area contributed by atoms with Crippen LogP contribution in [-0.2, 0) is 6.18 Å². The van der Waals surface area contributed by atoms with Gasteiger partial charge >= 0.3 is 12.2 Å². The van der Waals surface area contributed by atoms with Gasteiger partial charge in [0.15, 0.2) is 0 Å². The van der Waals surface area contributed by atoms with Crippen molar-refractivity contribution in [1.29, 1.82) is 0 Å². The molecular formula is C25H21F3N4O3. The van der Waals surface area contributed by atoms with E-state index in [0.717, 1.165) is 23.9 Å². The molecule has 35 heavy (non-hydrogen) atoms. The van der Waals surface area contributed by atoms with Crippen LogP contribution in [0.25, 0.3) is 10.8 Å². The molecule has 0 bridgehead atoms. The molecule has 0 saturated carbocycles. The number of alkyl halides is 3. The van der Waals surface area contributed by atoms with Gasteiger partial charge in [-0.2, -0.15) is 18.2 Å². The molecular weight excluding hydrogens is 461 g/mol. The van der Waals surface area contributed by atoms with Crippen LogP contribution < -0.4 is 20.1 Å². The van der Waals surface area contributed by atoms with E-state index in [2.05, 4.69) is 20.6 Å². The van der Waals surface area contributed by atoms with Gasteiger partial charge in [0.25, 0.3) is 0 Å². The number of aromatic nitrogens is 2. The number of aryl methyl sites for hydroxylation is 2. The zero-order valence-electron chi connectivity index (χ0n) is 19.0. The normalized spacial score (nSPS) is 11.3. The number of nitrogens with one attached hydrogen (secondary N) is 2.